The standard InChI is InChI=1S/C18H19N3O2S.C12H9NS.2C6H12N2O2.C5H4/c1-18(2,17-19-11-12-20-17)22-23-21-13-7-3-5-9-15(13)24-16-10-6-4-8-14(16)21;1-3-7-11-9(5-1)13-10-6-2-4-8-12(10)14-11;2*1-6(2,10-9)5-7-3-4-8-5;1-3-5-4-2/h3-10H,11-12H2,1-2H3,(H,19,20);1-8,13H;2*9H,3-4H2,1-2H3,(H,7,8);1H,2H3/p+3. The number of para-hydroxylation sites is 4. The van der Waals surface area contributed by atoms with Gasteiger partial charge in [0.2, 0.25) is 17.5 Å². The average molecular weight is 896 g/mol. The molecule has 0 saturated heterocycles. The van der Waals surface area contributed by atoms with Gasteiger partial charge in [0.05, 0.1) is 42.4 Å². The maximum atomic E-state index is 8.45. The summed E-state index contributed by atoms with van der Waals surface area (Å²) in [5, 5.41) is 28.2. The summed E-state index contributed by atoms with van der Waals surface area (Å²) in [6, 6.07) is 33.1. The van der Waals surface area contributed by atoms with E-state index in [1.54, 1.807) is 51.4 Å². The number of hydrogen-bond donors (Lipinski definition) is 6. The Morgan fingerprint density at radius 3 is 1.35 bits per heavy atom. The Balaban J connectivity index is 0.000000164. The van der Waals surface area contributed by atoms with Crippen LogP contribution in [0.25, 0.3) is 0 Å². The van der Waals surface area contributed by atoms with Crippen LogP contribution < -0.4 is 26.3 Å². The molecule has 9 N–H and O–H groups in total. The molecule has 16 heteroatoms. The molecule has 0 spiro atoms. The van der Waals surface area contributed by atoms with E-state index in [1.807, 2.05) is 72.6 Å². The van der Waals surface area contributed by atoms with Gasteiger partial charge in [0.25, 0.3) is 0 Å². The predicted molar refractivity (Wildman–Crippen MR) is 251 cm³/mol. The van der Waals surface area contributed by atoms with Crippen molar-refractivity contribution in [3.8, 4) is 24.2 Å². The van der Waals surface area contributed by atoms with Crippen molar-refractivity contribution in [1.29, 1.82) is 0 Å². The second-order valence-electron chi connectivity index (χ2n) is 15.7. The van der Waals surface area contributed by atoms with E-state index in [0.29, 0.717) is 0 Å². The lowest BCUT2D eigenvalue weighted by molar-refractivity contribution is -0.541. The van der Waals surface area contributed by atoms with E-state index in [4.69, 9.17) is 26.8 Å². The summed E-state index contributed by atoms with van der Waals surface area (Å²) in [5.74, 6) is 9.70. The molecule has 0 bridgehead atoms. The van der Waals surface area contributed by atoms with Crippen LogP contribution in [0.5, 0.6) is 0 Å². The first-order valence-corrected chi connectivity index (χ1v) is 22.3. The second kappa shape index (κ2) is 23.6. The Morgan fingerprint density at radius 2 is 0.984 bits per heavy atom. The molecular weight excluding hydrogens is 837 g/mol. The molecule has 14 nitrogen and oxygen atoms in total. The zero-order valence-corrected chi connectivity index (χ0v) is 38.6. The molecule has 0 fully saturated rings. The number of nitrogens with one attached hydrogen (secondary N) is 1. The molecule has 0 amide bonds. The van der Waals surface area contributed by atoms with Crippen molar-refractivity contribution in [3.63, 3.8) is 0 Å². The quantitative estimate of drug-likeness (QED) is 0.0624. The fraction of sp³-hybridized carbons (Fsp3) is 0.340. The zero-order chi connectivity index (χ0) is 45.3. The van der Waals surface area contributed by atoms with Crippen molar-refractivity contribution in [2.24, 2.45) is 15.0 Å². The van der Waals surface area contributed by atoms with Crippen LogP contribution in [-0.2, 0) is 19.7 Å². The molecule has 4 aromatic carbocycles. The number of nitrogens with zero attached hydrogens (tertiary/aromatic N) is 4. The number of fused-ring (bicyclic) bond motifs is 4. The highest BCUT2D eigenvalue weighted by atomic mass is 32.2. The number of terminal acetylenes is 1. The molecule has 0 aliphatic carbocycles. The Morgan fingerprint density at radius 1 is 0.603 bits per heavy atom. The van der Waals surface area contributed by atoms with Gasteiger partial charge in [0.15, 0.2) is 16.8 Å². The molecule has 5 aliphatic rings. The van der Waals surface area contributed by atoms with E-state index in [9.17, 15) is 0 Å². The van der Waals surface area contributed by atoms with Crippen LogP contribution in [0.2, 0.25) is 0 Å². The Hall–Kier alpha value is -5.05. The summed E-state index contributed by atoms with van der Waals surface area (Å²) in [7, 11) is 0. The van der Waals surface area contributed by atoms with Gasteiger partial charge in [-0.25, -0.2) is 24.8 Å². The van der Waals surface area contributed by atoms with Crippen LogP contribution in [0.4, 0.5) is 22.7 Å². The van der Waals surface area contributed by atoms with Gasteiger partial charge in [0, 0.05) is 19.6 Å². The van der Waals surface area contributed by atoms with Crippen molar-refractivity contribution in [3.05, 3.63) is 97.1 Å². The number of amidine groups is 3. The van der Waals surface area contributed by atoms with Crippen LogP contribution in [0.15, 0.2) is 132 Å². The summed E-state index contributed by atoms with van der Waals surface area (Å²) in [6.45, 7) is 18.2. The Kier molecular flexibility index (Phi) is 18.3. The fourth-order valence-electron chi connectivity index (χ4n) is 6.33. The summed E-state index contributed by atoms with van der Waals surface area (Å²) in [4.78, 5) is 37.9. The average Bonchev–Trinajstić information content (AvgIpc) is 4.15. The summed E-state index contributed by atoms with van der Waals surface area (Å²) < 4.78 is 0. The molecule has 5 aliphatic heterocycles. The first kappa shape index (κ1) is 49.0. The van der Waals surface area contributed by atoms with Gasteiger partial charge < -0.3 is 5.32 Å². The third kappa shape index (κ3) is 13.7. The maximum absolute atomic E-state index is 8.45. The highest BCUT2D eigenvalue weighted by Crippen LogP contribution is 2.48. The first-order chi connectivity index (χ1) is 30.3. The summed E-state index contributed by atoms with van der Waals surface area (Å²) in [6.07, 6.45) is 4.72. The van der Waals surface area contributed by atoms with Gasteiger partial charge in [0.1, 0.15) is 19.6 Å². The van der Waals surface area contributed by atoms with Crippen molar-refractivity contribution in [2.45, 2.75) is 84.9 Å². The van der Waals surface area contributed by atoms with Crippen molar-refractivity contribution < 1.29 is 46.1 Å². The first-order valence-electron chi connectivity index (χ1n) is 20.6. The normalized spacial score (nSPS) is 15.5. The Bertz CT molecular complexity index is 2180. The fourth-order valence-corrected chi connectivity index (χ4v) is 8.36. The lowest BCUT2D eigenvalue weighted by atomic mass is 10.1. The smallest absolute Gasteiger partial charge is 0.230 e. The third-order valence-corrected chi connectivity index (χ3v) is 12.0. The van der Waals surface area contributed by atoms with Gasteiger partial charge in [-0.3, -0.25) is 26.5 Å². The SMILES string of the molecule is C#CC#CC.CC(C)(OO)C1=NCC[NH2+]1.CC(C)(OO)C1=NCC[NH2+]1.CC(C)(OON1c2ccccc2Sc2ccccc21)C1=NCC[NH2+]1.c1ccc2c(c1)Nc1ccccc1S2. The van der Waals surface area contributed by atoms with Crippen LogP contribution >= 0.6 is 23.5 Å². The predicted octanol–water partition coefficient (Wildman–Crippen LogP) is 5.90. The number of benzene rings is 4. The van der Waals surface area contributed by atoms with Gasteiger partial charge in [-0.2, -0.15) is 9.95 Å². The zero-order valence-electron chi connectivity index (χ0n) is 36.9. The molecule has 63 heavy (non-hydrogen) atoms. The second-order valence-corrected chi connectivity index (χ2v) is 17.9. The van der Waals surface area contributed by atoms with Crippen molar-refractivity contribution in [2.75, 3.05) is 49.6 Å². The van der Waals surface area contributed by atoms with Gasteiger partial charge in [-0.05, 0) is 109 Å². The molecule has 0 aromatic heterocycles. The van der Waals surface area contributed by atoms with Gasteiger partial charge in [-0.15, -0.1) is 11.4 Å². The molecule has 4 aromatic rings. The van der Waals surface area contributed by atoms with E-state index in [0.717, 1.165) is 77.9 Å². The van der Waals surface area contributed by atoms with Crippen molar-refractivity contribution in [1.82, 2.24) is 0 Å². The lowest BCUT2D eigenvalue weighted by Crippen LogP contribution is -2.90. The van der Waals surface area contributed by atoms with Crippen LogP contribution in [0.1, 0.15) is 48.5 Å². The molecule has 332 valence electrons. The monoisotopic (exact) mass is 895 g/mol. The molecule has 9 rings (SSSR count). The number of aliphatic imine (C=N–C) groups is 3. The molecule has 0 atom stereocenters. The molecular formula is C47H59N8O6S2+3. The molecule has 5 heterocycles. The number of hydrogen-bond acceptors (Lipinski definition) is 13. The van der Waals surface area contributed by atoms with E-state index < -0.39 is 16.8 Å². The minimum absolute atomic E-state index is 0.592. The maximum Gasteiger partial charge on any atom is 0.230 e. The third-order valence-electron chi connectivity index (χ3n) is 9.72. The minimum Gasteiger partial charge on any atom is -0.354 e. The van der Waals surface area contributed by atoms with Gasteiger partial charge >= 0.3 is 0 Å². The summed E-state index contributed by atoms with van der Waals surface area (Å²) >= 11 is 3.56. The van der Waals surface area contributed by atoms with E-state index >= 15 is 0 Å². The largest absolute Gasteiger partial charge is 0.354 e. The molecule has 0 radical (unpaired) electrons. The molecule has 0 unspecified atom stereocenters. The highest BCUT2D eigenvalue weighted by molar-refractivity contribution is 8.00. The summed E-state index contributed by atoms with van der Waals surface area (Å²) in [5.41, 5.74) is 2.52. The van der Waals surface area contributed by atoms with Gasteiger partial charge in [-0.1, -0.05) is 78.0 Å². The van der Waals surface area contributed by atoms with E-state index in [1.165, 1.54) is 21.2 Å². The van der Waals surface area contributed by atoms with Crippen LogP contribution in [-0.4, -0.2) is 84.1 Å². The molecule has 0 saturated carbocycles. The minimum atomic E-state index is -0.628. The van der Waals surface area contributed by atoms with E-state index in [-0.39, 0.29) is 0 Å². The van der Waals surface area contributed by atoms with Crippen LogP contribution in [0.3, 0.4) is 0 Å². The highest BCUT2D eigenvalue weighted by Gasteiger charge is 2.37. The number of quaternary nitrogens is 3. The number of anilines is 4. The Labute approximate surface area is 379 Å². The lowest BCUT2D eigenvalue weighted by Gasteiger charge is -2.32. The topological polar surface area (TPSA) is 180 Å². The number of nitrogens with two attached hydrogens (primary N) is 3. The number of rotatable bonds is 8. The van der Waals surface area contributed by atoms with Crippen LogP contribution in [0, 0.1) is 24.2 Å². The van der Waals surface area contributed by atoms with E-state index in [2.05, 4.69) is 114 Å². The van der Waals surface area contributed by atoms with Crippen molar-refractivity contribution >= 4 is 63.8 Å².